The predicted molar refractivity (Wildman–Crippen MR) is 175 cm³/mol. The minimum atomic E-state index is -3.62. The monoisotopic (exact) mass is 646 g/mol. The molecule has 11 heteroatoms. The second kappa shape index (κ2) is 13.7. The van der Waals surface area contributed by atoms with Crippen molar-refractivity contribution in [3.63, 3.8) is 0 Å². The average molecular weight is 647 g/mol. The van der Waals surface area contributed by atoms with E-state index in [1.165, 1.54) is 10.4 Å². The fourth-order valence-electron chi connectivity index (χ4n) is 6.28. The Morgan fingerprint density at radius 1 is 0.894 bits per heavy atom. The molecule has 10 nitrogen and oxygen atoms in total. The molecule has 2 aliphatic heterocycles. The van der Waals surface area contributed by atoms with E-state index in [2.05, 4.69) is 21.4 Å². The van der Waals surface area contributed by atoms with Gasteiger partial charge >= 0.3 is 0 Å². The first kappa shape index (κ1) is 31.8. The molecule has 0 aliphatic carbocycles. The SMILES string of the molecule is N#Cc1ccc(C(=O)C=C2NC(Cc3ccncc3)(Cc3ccncc3)C(=O)N2CC2CCN(S(=O)(=O)c3ccccc3)CC2)cc1. The number of nitrogens with zero attached hydrogens (tertiary/aromatic N) is 5. The zero-order chi connectivity index (χ0) is 32.9. The van der Waals surface area contributed by atoms with Crippen LogP contribution in [0.5, 0.6) is 0 Å². The van der Waals surface area contributed by atoms with Gasteiger partial charge in [-0.25, -0.2) is 8.42 Å². The molecule has 0 spiro atoms. The van der Waals surface area contributed by atoms with Gasteiger partial charge in [-0.05, 0) is 90.6 Å². The lowest BCUT2D eigenvalue weighted by Crippen LogP contribution is -2.51. The van der Waals surface area contributed by atoms with Crippen LogP contribution >= 0.6 is 0 Å². The van der Waals surface area contributed by atoms with Crippen LogP contribution in [0.3, 0.4) is 0 Å². The number of carbonyl (C=O) groups excluding carboxylic acids is 2. The normalized spacial score (nSPS) is 17.7. The van der Waals surface area contributed by atoms with Crippen LogP contribution in [0.2, 0.25) is 0 Å². The van der Waals surface area contributed by atoms with Gasteiger partial charge in [0.15, 0.2) is 5.78 Å². The molecule has 2 saturated heterocycles. The molecule has 0 atom stereocenters. The van der Waals surface area contributed by atoms with E-state index in [4.69, 9.17) is 0 Å². The van der Waals surface area contributed by atoms with E-state index in [1.807, 2.05) is 24.3 Å². The maximum Gasteiger partial charge on any atom is 0.254 e. The molecule has 1 amide bonds. The summed E-state index contributed by atoms with van der Waals surface area (Å²) in [5.74, 6) is -0.0626. The van der Waals surface area contributed by atoms with Crippen molar-refractivity contribution in [3.05, 3.63) is 138 Å². The fourth-order valence-corrected chi connectivity index (χ4v) is 7.77. The third-order valence-corrected chi connectivity index (χ3v) is 10.7. The smallest absolute Gasteiger partial charge is 0.254 e. The van der Waals surface area contributed by atoms with Crippen molar-refractivity contribution >= 4 is 21.7 Å². The lowest BCUT2D eigenvalue weighted by atomic mass is 9.84. The van der Waals surface area contributed by atoms with Crippen LogP contribution in [0, 0.1) is 17.2 Å². The standard InChI is InChI=1S/C36H34N6O4S/c37-25-29-6-8-31(9-7-29)33(43)22-34-40-36(23-27-10-16-38-17-11-27,24-28-12-18-39-19-13-28)35(44)42(34)26-30-14-20-41(21-15-30)47(45,46)32-4-2-1-3-5-32/h1-13,16-19,22,30,40H,14-15,20-21,23-24,26H2. The van der Waals surface area contributed by atoms with Gasteiger partial charge in [0.05, 0.1) is 16.5 Å². The Morgan fingerprint density at radius 2 is 1.47 bits per heavy atom. The number of nitriles is 1. The van der Waals surface area contributed by atoms with Gasteiger partial charge in [0, 0.05) is 68.9 Å². The van der Waals surface area contributed by atoms with Crippen LogP contribution in [0.4, 0.5) is 0 Å². The summed E-state index contributed by atoms with van der Waals surface area (Å²) >= 11 is 0. The van der Waals surface area contributed by atoms with E-state index in [9.17, 15) is 23.3 Å². The number of pyridine rings is 2. The molecule has 2 fully saturated rings. The topological polar surface area (TPSA) is 136 Å². The second-order valence-corrected chi connectivity index (χ2v) is 13.9. The number of hydrogen-bond donors (Lipinski definition) is 1. The maximum atomic E-state index is 14.7. The lowest BCUT2D eigenvalue weighted by Gasteiger charge is -2.33. The van der Waals surface area contributed by atoms with Crippen LogP contribution in [-0.4, -0.2) is 64.5 Å². The van der Waals surface area contributed by atoms with Crippen LogP contribution in [0.1, 0.15) is 39.9 Å². The summed E-state index contributed by atoms with van der Waals surface area (Å²) in [6.45, 7) is 0.992. The number of rotatable bonds is 10. The molecule has 4 heterocycles. The van der Waals surface area contributed by atoms with Gasteiger partial charge in [-0.15, -0.1) is 0 Å². The zero-order valence-electron chi connectivity index (χ0n) is 25.7. The number of sulfonamides is 1. The first-order chi connectivity index (χ1) is 22.8. The van der Waals surface area contributed by atoms with Crippen LogP contribution < -0.4 is 5.32 Å². The van der Waals surface area contributed by atoms with Crippen LogP contribution in [0.15, 0.2) is 120 Å². The van der Waals surface area contributed by atoms with Gasteiger partial charge in [0.25, 0.3) is 5.91 Å². The van der Waals surface area contributed by atoms with Crippen molar-refractivity contribution in [2.75, 3.05) is 19.6 Å². The van der Waals surface area contributed by atoms with Crippen molar-refractivity contribution in [3.8, 4) is 6.07 Å². The molecule has 238 valence electrons. The molecule has 0 radical (unpaired) electrons. The Labute approximate surface area is 274 Å². The third-order valence-electron chi connectivity index (χ3n) is 8.78. The van der Waals surface area contributed by atoms with E-state index in [0.717, 1.165) is 11.1 Å². The van der Waals surface area contributed by atoms with Crippen LogP contribution in [0.25, 0.3) is 0 Å². The molecule has 2 aromatic heterocycles. The minimum Gasteiger partial charge on any atom is -0.357 e. The summed E-state index contributed by atoms with van der Waals surface area (Å²) in [7, 11) is -3.62. The summed E-state index contributed by atoms with van der Waals surface area (Å²) in [4.78, 5) is 38.4. The van der Waals surface area contributed by atoms with Gasteiger partial charge in [-0.2, -0.15) is 9.57 Å². The van der Waals surface area contributed by atoms with Crippen molar-refractivity contribution in [2.45, 2.75) is 36.1 Å². The van der Waals surface area contributed by atoms with E-state index in [-0.39, 0.29) is 22.5 Å². The van der Waals surface area contributed by atoms with Gasteiger partial charge in [0.2, 0.25) is 10.0 Å². The minimum absolute atomic E-state index is 0.00837. The number of benzene rings is 2. The molecular formula is C36H34N6O4S. The fraction of sp³-hybridized carbons (Fsp3) is 0.250. The number of carbonyl (C=O) groups is 2. The number of ketones is 1. The van der Waals surface area contributed by atoms with Crippen molar-refractivity contribution in [1.82, 2.24) is 24.5 Å². The number of hydrogen-bond acceptors (Lipinski definition) is 8. The van der Waals surface area contributed by atoms with Crippen molar-refractivity contribution < 1.29 is 18.0 Å². The highest BCUT2D eigenvalue weighted by atomic mass is 32.2. The van der Waals surface area contributed by atoms with Gasteiger partial charge in [-0.1, -0.05) is 18.2 Å². The highest BCUT2D eigenvalue weighted by molar-refractivity contribution is 7.89. The van der Waals surface area contributed by atoms with Crippen LogP contribution in [-0.2, 0) is 27.7 Å². The maximum absolute atomic E-state index is 14.7. The number of amides is 1. The Hall–Kier alpha value is -5.18. The molecule has 47 heavy (non-hydrogen) atoms. The molecular weight excluding hydrogens is 613 g/mol. The van der Waals surface area contributed by atoms with E-state index < -0.39 is 15.6 Å². The molecule has 2 aliphatic rings. The Kier molecular flexibility index (Phi) is 9.24. The average Bonchev–Trinajstić information content (AvgIpc) is 3.34. The summed E-state index contributed by atoms with van der Waals surface area (Å²) in [5, 5.41) is 12.7. The molecule has 1 N–H and O–H groups in total. The molecule has 2 aromatic carbocycles. The van der Waals surface area contributed by atoms with E-state index >= 15 is 0 Å². The molecule has 0 unspecified atom stereocenters. The highest BCUT2D eigenvalue weighted by Crippen LogP contribution is 2.33. The molecule has 0 bridgehead atoms. The summed E-state index contributed by atoms with van der Waals surface area (Å²) in [6, 6.07) is 24.3. The van der Waals surface area contributed by atoms with Crippen molar-refractivity contribution in [1.29, 1.82) is 5.26 Å². The summed E-state index contributed by atoms with van der Waals surface area (Å²) < 4.78 is 28.0. The Balaban J connectivity index is 1.30. The largest absolute Gasteiger partial charge is 0.357 e. The zero-order valence-corrected chi connectivity index (χ0v) is 26.5. The molecule has 0 saturated carbocycles. The van der Waals surface area contributed by atoms with Gasteiger partial charge in [0.1, 0.15) is 11.4 Å². The molecule has 6 rings (SSSR count). The second-order valence-electron chi connectivity index (χ2n) is 11.9. The first-order valence-electron chi connectivity index (χ1n) is 15.5. The lowest BCUT2D eigenvalue weighted by molar-refractivity contribution is -0.132. The molecule has 4 aromatic rings. The summed E-state index contributed by atoms with van der Waals surface area (Å²) in [5.41, 5.74) is 1.56. The number of piperidine rings is 1. The number of aromatic nitrogens is 2. The van der Waals surface area contributed by atoms with E-state index in [0.29, 0.717) is 62.3 Å². The van der Waals surface area contributed by atoms with Gasteiger partial charge < -0.3 is 5.32 Å². The summed E-state index contributed by atoms with van der Waals surface area (Å²) in [6.07, 6.45) is 10.0. The number of allylic oxidation sites excluding steroid dienone is 1. The van der Waals surface area contributed by atoms with E-state index in [1.54, 1.807) is 84.3 Å². The quantitative estimate of drug-likeness (QED) is 0.201. The van der Waals surface area contributed by atoms with Crippen molar-refractivity contribution in [2.24, 2.45) is 5.92 Å². The number of nitrogens with one attached hydrogen (secondary N) is 1. The Morgan fingerprint density at radius 3 is 2.02 bits per heavy atom. The highest BCUT2D eigenvalue weighted by Gasteiger charge is 2.50. The third kappa shape index (κ3) is 6.99. The first-order valence-corrected chi connectivity index (χ1v) is 16.9. The Bertz CT molecular complexity index is 1860. The van der Waals surface area contributed by atoms with Gasteiger partial charge in [-0.3, -0.25) is 24.5 Å². The predicted octanol–water partition coefficient (Wildman–Crippen LogP) is 4.13.